The van der Waals surface area contributed by atoms with Crippen LogP contribution in [0.25, 0.3) is 0 Å². The van der Waals surface area contributed by atoms with E-state index in [2.05, 4.69) is 4.74 Å². The van der Waals surface area contributed by atoms with Crippen LogP contribution in [0.2, 0.25) is 0 Å². The molecule has 6 atom stereocenters. The Labute approximate surface area is 129 Å². The molecule has 0 bridgehead atoms. The summed E-state index contributed by atoms with van der Waals surface area (Å²) in [5.74, 6) is -2.82. The first kappa shape index (κ1) is 18.0. The van der Waals surface area contributed by atoms with E-state index in [1.807, 2.05) is 22.6 Å². The topological polar surface area (TPSA) is 126 Å². The van der Waals surface area contributed by atoms with E-state index in [1.54, 1.807) is 0 Å². The van der Waals surface area contributed by atoms with E-state index in [0.29, 0.717) is 0 Å². The highest BCUT2D eigenvalue weighted by Crippen LogP contribution is 2.33. The van der Waals surface area contributed by atoms with Crippen LogP contribution in [-0.2, 0) is 19.0 Å². The van der Waals surface area contributed by atoms with E-state index in [-0.39, 0.29) is 10.8 Å². The number of alkyl halides is 1. The zero-order valence-electron chi connectivity index (χ0n) is 11.1. The molecule has 0 aromatic rings. The largest absolute Gasteiger partial charge is 0.465 e. The SMILES string of the molecule is COC(=O)[C@@]1(OC)C[C@H](O)[C@@H](O)[C@H]([C@H](O)[C@H](O)CI)O1. The second-order valence-corrected chi connectivity index (χ2v) is 5.39. The molecule has 1 saturated heterocycles. The number of ether oxygens (including phenoxy) is 3. The molecule has 4 N–H and O–H groups in total. The lowest BCUT2D eigenvalue weighted by Gasteiger charge is -2.44. The molecule has 1 heterocycles. The predicted octanol–water partition coefficient (Wildman–Crippen LogP) is -1.83. The summed E-state index contributed by atoms with van der Waals surface area (Å²) in [5.41, 5.74) is 0. The number of carbonyl (C=O) groups is 1. The summed E-state index contributed by atoms with van der Waals surface area (Å²) in [6.45, 7) is 0. The fourth-order valence-electron chi connectivity index (χ4n) is 2.04. The van der Waals surface area contributed by atoms with Crippen LogP contribution in [-0.4, -0.2) is 81.3 Å². The molecule has 1 aliphatic heterocycles. The summed E-state index contributed by atoms with van der Waals surface area (Å²) >= 11 is 1.84. The van der Waals surface area contributed by atoms with Crippen molar-refractivity contribution in [2.45, 2.75) is 42.7 Å². The number of rotatable bonds is 5. The van der Waals surface area contributed by atoms with E-state index in [4.69, 9.17) is 9.47 Å². The Balaban J connectivity index is 3.02. The minimum atomic E-state index is -1.93. The van der Waals surface area contributed by atoms with Crippen molar-refractivity contribution < 1.29 is 39.4 Å². The summed E-state index contributed by atoms with van der Waals surface area (Å²) < 4.78 is 15.0. The maximum absolute atomic E-state index is 11.8. The molecule has 20 heavy (non-hydrogen) atoms. The Hall–Kier alpha value is -0.0400. The van der Waals surface area contributed by atoms with Gasteiger partial charge in [-0.3, -0.25) is 0 Å². The van der Waals surface area contributed by atoms with Gasteiger partial charge in [0.2, 0.25) is 0 Å². The summed E-state index contributed by atoms with van der Waals surface area (Å²) in [6.07, 6.45) is -7.24. The minimum Gasteiger partial charge on any atom is -0.465 e. The van der Waals surface area contributed by atoms with E-state index in [0.717, 1.165) is 7.11 Å². The Kier molecular flexibility index (Phi) is 6.57. The van der Waals surface area contributed by atoms with Crippen LogP contribution in [0.3, 0.4) is 0 Å². The smallest absolute Gasteiger partial charge is 0.366 e. The molecule has 0 aliphatic carbocycles. The minimum absolute atomic E-state index is 0.180. The van der Waals surface area contributed by atoms with Crippen molar-refractivity contribution in [1.82, 2.24) is 0 Å². The molecule has 118 valence electrons. The zero-order valence-corrected chi connectivity index (χ0v) is 13.3. The molecule has 8 nitrogen and oxygen atoms in total. The molecule has 0 aromatic carbocycles. The quantitative estimate of drug-likeness (QED) is 0.239. The van der Waals surface area contributed by atoms with Crippen molar-refractivity contribution in [3.05, 3.63) is 0 Å². The van der Waals surface area contributed by atoms with Gasteiger partial charge in [-0.1, -0.05) is 22.6 Å². The van der Waals surface area contributed by atoms with Crippen molar-refractivity contribution in [1.29, 1.82) is 0 Å². The average molecular weight is 406 g/mol. The Morgan fingerprint density at radius 2 is 2.05 bits per heavy atom. The average Bonchev–Trinajstić information content (AvgIpc) is 2.47. The molecular formula is C11H19IO8. The third kappa shape index (κ3) is 3.40. The number of carbonyl (C=O) groups excluding carboxylic acids is 1. The van der Waals surface area contributed by atoms with Gasteiger partial charge in [-0.15, -0.1) is 0 Å². The van der Waals surface area contributed by atoms with Gasteiger partial charge in [-0.25, -0.2) is 4.79 Å². The molecule has 0 aromatic heterocycles. The standard InChI is InChI=1S/C11H19IO8/c1-18-10(17)11(19-2)3-5(13)7(15)9(20-11)8(16)6(14)4-12/h5-9,13-16H,3-4H2,1-2H3/t5-,6+,7+,8+,9+,11+/m0/s1. The fourth-order valence-corrected chi connectivity index (χ4v) is 2.56. The van der Waals surface area contributed by atoms with Crippen molar-refractivity contribution in [2.24, 2.45) is 0 Å². The van der Waals surface area contributed by atoms with Gasteiger partial charge in [-0.05, 0) is 0 Å². The first-order valence-electron chi connectivity index (χ1n) is 5.92. The molecular weight excluding hydrogens is 387 g/mol. The van der Waals surface area contributed by atoms with Gasteiger partial charge in [0.25, 0.3) is 5.79 Å². The third-order valence-electron chi connectivity index (χ3n) is 3.25. The molecule has 0 unspecified atom stereocenters. The maximum atomic E-state index is 11.8. The normalized spacial score (nSPS) is 37.2. The van der Waals surface area contributed by atoms with Gasteiger partial charge in [0.1, 0.15) is 18.3 Å². The lowest BCUT2D eigenvalue weighted by molar-refractivity contribution is -0.320. The highest BCUT2D eigenvalue weighted by atomic mass is 127. The molecule has 1 aliphatic rings. The Morgan fingerprint density at radius 3 is 2.50 bits per heavy atom. The van der Waals surface area contributed by atoms with Gasteiger partial charge in [-0.2, -0.15) is 0 Å². The molecule has 0 saturated carbocycles. The van der Waals surface area contributed by atoms with E-state index >= 15 is 0 Å². The lowest BCUT2D eigenvalue weighted by Crippen LogP contribution is -2.63. The van der Waals surface area contributed by atoms with Gasteiger partial charge in [0, 0.05) is 18.0 Å². The molecule has 0 spiro atoms. The first-order chi connectivity index (χ1) is 9.32. The van der Waals surface area contributed by atoms with Gasteiger partial charge in [0.05, 0.1) is 19.3 Å². The van der Waals surface area contributed by atoms with Crippen molar-refractivity contribution in [3.63, 3.8) is 0 Å². The van der Waals surface area contributed by atoms with Crippen molar-refractivity contribution in [2.75, 3.05) is 18.6 Å². The summed E-state index contributed by atoms with van der Waals surface area (Å²) in [4.78, 5) is 11.8. The first-order valence-corrected chi connectivity index (χ1v) is 7.45. The molecule has 9 heteroatoms. The molecule has 0 amide bonds. The summed E-state index contributed by atoms with van der Waals surface area (Å²) in [6, 6.07) is 0. The Morgan fingerprint density at radius 1 is 1.45 bits per heavy atom. The second-order valence-electron chi connectivity index (χ2n) is 4.51. The number of aliphatic hydroxyl groups is 4. The van der Waals surface area contributed by atoms with Crippen LogP contribution in [0.5, 0.6) is 0 Å². The van der Waals surface area contributed by atoms with Gasteiger partial charge < -0.3 is 34.6 Å². The highest BCUT2D eigenvalue weighted by molar-refractivity contribution is 14.1. The van der Waals surface area contributed by atoms with Crippen LogP contribution < -0.4 is 0 Å². The molecule has 1 rings (SSSR count). The van der Waals surface area contributed by atoms with Crippen molar-refractivity contribution in [3.8, 4) is 0 Å². The lowest BCUT2D eigenvalue weighted by atomic mass is 9.91. The number of hydrogen-bond acceptors (Lipinski definition) is 8. The highest BCUT2D eigenvalue weighted by Gasteiger charge is 2.55. The number of hydrogen-bond donors (Lipinski definition) is 4. The van der Waals surface area contributed by atoms with E-state index in [1.165, 1.54) is 7.11 Å². The summed E-state index contributed by atoms with van der Waals surface area (Å²) in [7, 11) is 2.30. The van der Waals surface area contributed by atoms with Crippen LogP contribution in [0.1, 0.15) is 6.42 Å². The fraction of sp³-hybridized carbons (Fsp3) is 0.909. The monoisotopic (exact) mass is 406 g/mol. The number of aliphatic hydroxyl groups excluding tert-OH is 4. The maximum Gasteiger partial charge on any atom is 0.366 e. The van der Waals surface area contributed by atoms with Crippen LogP contribution in [0.4, 0.5) is 0 Å². The molecule has 1 fully saturated rings. The zero-order chi connectivity index (χ0) is 15.5. The van der Waals surface area contributed by atoms with Crippen molar-refractivity contribution >= 4 is 28.6 Å². The van der Waals surface area contributed by atoms with E-state index < -0.39 is 42.3 Å². The van der Waals surface area contributed by atoms with Gasteiger partial charge in [0.15, 0.2) is 0 Å². The second kappa shape index (κ2) is 7.29. The third-order valence-corrected chi connectivity index (χ3v) is 4.15. The molecule has 0 radical (unpaired) electrons. The summed E-state index contributed by atoms with van der Waals surface area (Å²) in [5, 5.41) is 39.3. The number of esters is 1. The van der Waals surface area contributed by atoms with Gasteiger partial charge >= 0.3 is 5.97 Å². The number of halogens is 1. The van der Waals surface area contributed by atoms with Crippen LogP contribution in [0.15, 0.2) is 0 Å². The van der Waals surface area contributed by atoms with E-state index in [9.17, 15) is 25.2 Å². The predicted molar refractivity (Wildman–Crippen MR) is 74.2 cm³/mol. The Bertz CT molecular complexity index is 340. The van der Waals surface area contributed by atoms with Crippen LogP contribution in [0, 0.1) is 0 Å². The number of methoxy groups -OCH3 is 2. The van der Waals surface area contributed by atoms with Crippen LogP contribution >= 0.6 is 22.6 Å².